The lowest BCUT2D eigenvalue weighted by Crippen LogP contribution is -2.16. The lowest BCUT2D eigenvalue weighted by molar-refractivity contribution is 0.0922. The number of hydrogen-bond donors (Lipinski definition) is 1. The van der Waals surface area contributed by atoms with Gasteiger partial charge in [0.25, 0.3) is 0 Å². The van der Waals surface area contributed by atoms with E-state index in [9.17, 15) is 9.90 Å². The molecular formula is C16H16O2. The molecule has 0 aromatic heterocycles. The zero-order valence-electron chi connectivity index (χ0n) is 10.3. The van der Waals surface area contributed by atoms with E-state index in [1.165, 1.54) is 0 Å². The van der Waals surface area contributed by atoms with Crippen molar-refractivity contribution in [2.24, 2.45) is 0 Å². The van der Waals surface area contributed by atoms with Crippen molar-refractivity contribution in [1.82, 2.24) is 0 Å². The number of Topliss-reactive ketones (excluding diaryl/α,β-unsaturated/α-hetero) is 1. The van der Waals surface area contributed by atoms with Gasteiger partial charge in [-0.3, -0.25) is 4.79 Å². The topological polar surface area (TPSA) is 37.3 Å². The standard InChI is InChI=1S/C16H16O2/c1-12-7-9-13(10-8-12)15(11-17)16(18)14-5-3-2-4-6-14/h2-10,15,17H,11H2,1H3. The molecule has 18 heavy (non-hydrogen) atoms. The third-order valence-electron chi connectivity index (χ3n) is 3.04. The Bertz CT molecular complexity index is 515. The zero-order chi connectivity index (χ0) is 13.0. The second-order valence-electron chi connectivity index (χ2n) is 4.38. The van der Waals surface area contributed by atoms with Crippen LogP contribution in [0, 0.1) is 6.92 Å². The van der Waals surface area contributed by atoms with E-state index in [4.69, 9.17) is 0 Å². The predicted molar refractivity (Wildman–Crippen MR) is 71.8 cm³/mol. The Labute approximate surface area is 107 Å². The summed E-state index contributed by atoms with van der Waals surface area (Å²) in [5, 5.41) is 9.46. The fraction of sp³-hybridized carbons (Fsp3) is 0.188. The fourth-order valence-electron chi connectivity index (χ4n) is 1.94. The van der Waals surface area contributed by atoms with Crippen molar-refractivity contribution in [2.45, 2.75) is 12.8 Å². The van der Waals surface area contributed by atoms with Gasteiger partial charge in [0.1, 0.15) is 0 Å². The molecule has 0 saturated carbocycles. The van der Waals surface area contributed by atoms with Crippen LogP contribution in [-0.2, 0) is 0 Å². The van der Waals surface area contributed by atoms with Crippen LogP contribution in [0.1, 0.15) is 27.4 Å². The summed E-state index contributed by atoms with van der Waals surface area (Å²) >= 11 is 0. The van der Waals surface area contributed by atoms with Gasteiger partial charge in [-0.1, -0.05) is 60.2 Å². The Morgan fingerprint density at radius 1 is 1.06 bits per heavy atom. The molecule has 0 heterocycles. The summed E-state index contributed by atoms with van der Waals surface area (Å²) in [6.45, 7) is 1.83. The normalized spacial score (nSPS) is 12.1. The number of benzene rings is 2. The highest BCUT2D eigenvalue weighted by atomic mass is 16.3. The molecular weight excluding hydrogens is 224 g/mol. The molecule has 0 aliphatic heterocycles. The second-order valence-corrected chi connectivity index (χ2v) is 4.38. The van der Waals surface area contributed by atoms with E-state index in [-0.39, 0.29) is 12.4 Å². The van der Waals surface area contributed by atoms with Crippen molar-refractivity contribution in [1.29, 1.82) is 0 Å². The molecule has 0 bridgehead atoms. The molecule has 0 spiro atoms. The maximum absolute atomic E-state index is 12.3. The SMILES string of the molecule is Cc1ccc(C(CO)C(=O)c2ccccc2)cc1. The van der Waals surface area contributed by atoms with E-state index in [0.29, 0.717) is 5.56 Å². The smallest absolute Gasteiger partial charge is 0.172 e. The van der Waals surface area contributed by atoms with Crippen molar-refractivity contribution in [2.75, 3.05) is 6.61 Å². The molecule has 0 amide bonds. The molecule has 1 N–H and O–H groups in total. The van der Waals surface area contributed by atoms with Crippen LogP contribution in [-0.4, -0.2) is 17.5 Å². The Morgan fingerprint density at radius 2 is 1.67 bits per heavy atom. The number of carbonyl (C=O) groups is 1. The van der Waals surface area contributed by atoms with E-state index in [2.05, 4.69) is 0 Å². The van der Waals surface area contributed by atoms with Crippen LogP contribution in [0.15, 0.2) is 54.6 Å². The molecule has 2 rings (SSSR count). The number of aliphatic hydroxyl groups excluding tert-OH is 1. The van der Waals surface area contributed by atoms with Gasteiger partial charge in [-0.25, -0.2) is 0 Å². The number of ketones is 1. The third kappa shape index (κ3) is 2.66. The van der Waals surface area contributed by atoms with Gasteiger partial charge in [0.2, 0.25) is 0 Å². The average Bonchev–Trinajstić information content (AvgIpc) is 2.42. The van der Waals surface area contributed by atoms with Gasteiger partial charge >= 0.3 is 0 Å². The lowest BCUT2D eigenvalue weighted by Gasteiger charge is -2.13. The van der Waals surface area contributed by atoms with Gasteiger partial charge in [0.05, 0.1) is 12.5 Å². The second kappa shape index (κ2) is 5.61. The molecule has 92 valence electrons. The number of hydrogen-bond acceptors (Lipinski definition) is 2. The summed E-state index contributed by atoms with van der Waals surface area (Å²) < 4.78 is 0. The van der Waals surface area contributed by atoms with E-state index in [0.717, 1.165) is 11.1 Å². The highest BCUT2D eigenvalue weighted by Crippen LogP contribution is 2.21. The first kappa shape index (κ1) is 12.5. The first-order chi connectivity index (χ1) is 8.72. The molecule has 0 aliphatic carbocycles. The Hall–Kier alpha value is -1.93. The monoisotopic (exact) mass is 240 g/mol. The number of aryl methyl sites for hydroxylation is 1. The Kier molecular flexibility index (Phi) is 3.90. The minimum Gasteiger partial charge on any atom is -0.395 e. The molecule has 0 radical (unpaired) electrons. The van der Waals surface area contributed by atoms with E-state index < -0.39 is 5.92 Å². The minimum absolute atomic E-state index is 0.0399. The lowest BCUT2D eigenvalue weighted by atomic mass is 9.91. The van der Waals surface area contributed by atoms with Crippen LogP contribution in [0.5, 0.6) is 0 Å². The summed E-state index contributed by atoms with van der Waals surface area (Å²) in [5.41, 5.74) is 2.64. The highest BCUT2D eigenvalue weighted by Gasteiger charge is 2.20. The Morgan fingerprint density at radius 3 is 2.22 bits per heavy atom. The van der Waals surface area contributed by atoms with E-state index in [1.54, 1.807) is 12.1 Å². The third-order valence-corrected chi connectivity index (χ3v) is 3.04. The maximum Gasteiger partial charge on any atom is 0.172 e. The fourth-order valence-corrected chi connectivity index (χ4v) is 1.94. The molecule has 2 aromatic rings. The van der Waals surface area contributed by atoms with Gasteiger partial charge in [0.15, 0.2) is 5.78 Å². The van der Waals surface area contributed by atoms with Crippen molar-refractivity contribution in [3.63, 3.8) is 0 Å². The Balaban J connectivity index is 2.29. The van der Waals surface area contributed by atoms with Crippen LogP contribution >= 0.6 is 0 Å². The van der Waals surface area contributed by atoms with E-state index in [1.807, 2.05) is 49.4 Å². The van der Waals surface area contributed by atoms with Gasteiger partial charge < -0.3 is 5.11 Å². The summed E-state index contributed by atoms with van der Waals surface area (Å²) in [6.07, 6.45) is 0. The van der Waals surface area contributed by atoms with Crippen molar-refractivity contribution >= 4 is 5.78 Å². The van der Waals surface area contributed by atoms with Crippen LogP contribution in [0.25, 0.3) is 0 Å². The first-order valence-corrected chi connectivity index (χ1v) is 5.99. The zero-order valence-corrected chi connectivity index (χ0v) is 10.3. The van der Waals surface area contributed by atoms with Crippen LogP contribution in [0.3, 0.4) is 0 Å². The summed E-state index contributed by atoms with van der Waals surface area (Å²) in [7, 11) is 0. The predicted octanol–water partition coefficient (Wildman–Crippen LogP) is 2.95. The summed E-state index contributed by atoms with van der Waals surface area (Å²) in [6, 6.07) is 16.8. The summed E-state index contributed by atoms with van der Waals surface area (Å²) in [5.74, 6) is -0.519. The molecule has 0 aliphatic rings. The van der Waals surface area contributed by atoms with Gasteiger partial charge in [-0.05, 0) is 12.5 Å². The van der Waals surface area contributed by atoms with Crippen LogP contribution in [0.4, 0.5) is 0 Å². The molecule has 2 aromatic carbocycles. The van der Waals surface area contributed by atoms with E-state index >= 15 is 0 Å². The van der Waals surface area contributed by atoms with Gasteiger partial charge in [-0.2, -0.15) is 0 Å². The van der Waals surface area contributed by atoms with Crippen molar-refractivity contribution in [3.8, 4) is 0 Å². The largest absolute Gasteiger partial charge is 0.395 e. The molecule has 2 nitrogen and oxygen atoms in total. The summed E-state index contributed by atoms with van der Waals surface area (Å²) in [4.78, 5) is 12.3. The maximum atomic E-state index is 12.3. The molecule has 2 heteroatoms. The number of carbonyl (C=O) groups excluding carboxylic acids is 1. The highest BCUT2D eigenvalue weighted by molar-refractivity contribution is 6.01. The quantitative estimate of drug-likeness (QED) is 0.834. The average molecular weight is 240 g/mol. The van der Waals surface area contributed by atoms with Crippen LogP contribution in [0.2, 0.25) is 0 Å². The molecule has 1 atom stereocenters. The number of rotatable bonds is 4. The van der Waals surface area contributed by atoms with Crippen molar-refractivity contribution < 1.29 is 9.90 Å². The minimum atomic E-state index is -0.479. The van der Waals surface area contributed by atoms with Crippen LogP contribution < -0.4 is 0 Å². The van der Waals surface area contributed by atoms with Crippen molar-refractivity contribution in [3.05, 3.63) is 71.3 Å². The van der Waals surface area contributed by atoms with Gasteiger partial charge in [0, 0.05) is 5.56 Å². The first-order valence-electron chi connectivity index (χ1n) is 5.99. The molecule has 0 fully saturated rings. The molecule has 0 saturated heterocycles. The molecule has 1 unspecified atom stereocenters. The number of aliphatic hydroxyl groups is 1. The van der Waals surface area contributed by atoms with Gasteiger partial charge in [-0.15, -0.1) is 0 Å².